The molecule has 7 nitrogen and oxygen atoms in total. The third-order valence-corrected chi connectivity index (χ3v) is 7.55. The highest BCUT2D eigenvalue weighted by atomic mass is 35.5. The second-order valence-electron chi connectivity index (χ2n) is 9.06. The van der Waals surface area contributed by atoms with Gasteiger partial charge < -0.3 is 23.8 Å². The summed E-state index contributed by atoms with van der Waals surface area (Å²) in [6, 6.07) is 13.7. The summed E-state index contributed by atoms with van der Waals surface area (Å²) in [5, 5.41) is 0.617. The normalized spacial score (nSPS) is 12.3. The molecule has 220 valence electrons. The Balaban J connectivity index is 1.96. The monoisotopic (exact) mass is 641 g/mol. The second kappa shape index (κ2) is 14.9. The first-order valence-electron chi connectivity index (χ1n) is 12.9. The van der Waals surface area contributed by atoms with Gasteiger partial charge in [0, 0.05) is 5.69 Å². The smallest absolute Gasteiger partial charge is 0.345 e. The van der Waals surface area contributed by atoms with Crippen LogP contribution in [0.25, 0.3) is 0 Å². The van der Waals surface area contributed by atoms with Gasteiger partial charge in [0.15, 0.2) is 24.0 Å². The SMILES string of the molecule is CCCCc1ccc(N(C(C)OC(=O)c2c(Cl)ccc(Cl)c2OC)C(C)OC(=O)c2c(Cl)ccc(Cl)c2OC)cc1. The molecule has 2 unspecified atom stereocenters. The Bertz CT molecular complexity index is 1300. The highest BCUT2D eigenvalue weighted by molar-refractivity contribution is 6.37. The van der Waals surface area contributed by atoms with Crippen LogP contribution in [0, 0.1) is 0 Å². The molecular weight excluding hydrogens is 612 g/mol. The lowest BCUT2D eigenvalue weighted by molar-refractivity contribution is 0.00875. The van der Waals surface area contributed by atoms with E-state index in [1.54, 1.807) is 18.7 Å². The number of rotatable bonds is 12. The topological polar surface area (TPSA) is 74.3 Å². The summed E-state index contributed by atoms with van der Waals surface area (Å²) in [7, 11) is 2.75. The van der Waals surface area contributed by atoms with Crippen LogP contribution >= 0.6 is 46.4 Å². The van der Waals surface area contributed by atoms with E-state index < -0.39 is 24.4 Å². The summed E-state index contributed by atoms with van der Waals surface area (Å²) in [5.74, 6) is -1.37. The molecule has 41 heavy (non-hydrogen) atoms. The number of carbonyl (C=O) groups is 2. The lowest BCUT2D eigenvalue weighted by Gasteiger charge is -2.35. The van der Waals surface area contributed by atoms with Gasteiger partial charge in [-0.15, -0.1) is 0 Å². The Morgan fingerprint density at radius 3 is 1.51 bits per heavy atom. The van der Waals surface area contributed by atoms with Crippen LogP contribution in [-0.2, 0) is 15.9 Å². The number of anilines is 1. The van der Waals surface area contributed by atoms with Gasteiger partial charge in [-0.2, -0.15) is 0 Å². The molecule has 2 atom stereocenters. The fourth-order valence-corrected chi connectivity index (χ4v) is 5.24. The first-order chi connectivity index (χ1) is 19.5. The van der Waals surface area contributed by atoms with Gasteiger partial charge in [0.1, 0.15) is 11.1 Å². The van der Waals surface area contributed by atoms with Crippen LogP contribution in [0.3, 0.4) is 0 Å². The van der Waals surface area contributed by atoms with Gasteiger partial charge in [-0.05, 0) is 68.7 Å². The minimum Gasteiger partial charge on any atom is -0.494 e. The first kappa shape index (κ1) is 32.7. The van der Waals surface area contributed by atoms with Crippen molar-refractivity contribution in [3.05, 3.63) is 85.3 Å². The van der Waals surface area contributed by atoms with Crippen LogP contribution in [0.1, 0.15) is 59.9 Å². The van der Waals surface area contributed by atoms with E-state index in [4.69, 9.17) is 65.4 Å². The highest BCUT2D eigenvalue weighted by Crippen LogP contribution is 2.36. The second-order valence-corrected chi connectivity index (χ2v) is 10.7. The molecule has 0 heterocycles. The van der Waals surface area contributed by atoms with Crippen LogP contribution < -0.4 is 14.4 Å². The molecule has 3 aromatic carbocycles. The summed E-state index contributed by atoms with van der Waals surface area (Å²) >= 11 is 25.1. The largest absolute Gasteiger partial charge is 0.494 e. The third-order valence-electron chi connectivity index (χ3n) is 6.33. The molecule has 0 aliphatic heterocycles. The molecule has 0 aliphatic rings. The fourth-order valence-electron chi connectivity index (χ4n) is 4.32. The van der Waals surface area contributed by atoms with Crippen LogP contribution in [0.5, 0.6) is 11.5 Å². The molecule has 0 saturated carbocycles. The number of aryl methyl sites for hydroxylation is 1. The van der Waals surface area contributed by atoms with Gasteiger partial charge in [-0.25, -0.2) is 9.59 Å². The third kappa shape index (κ3) is 7.72. The molecule has 3 aromatic rings. The quantitative estimate of drug-likeness (QED) is 0.144. The van der Waals surface area contributed by atoms with Gasteiger partial charge in [-0.3, -0.25) is 0 Å². The van der Waals surface area contributed by atoms with E-state index >= 15 is 0 Å². The number of esters is 2. The lowest BCUT2D eigenvalue weighted by atomic mass is 10.1. The molecule has 0 N–H and O–H groups in total. The highest BCUT2D eigenvalue weighted by Gasteiger charge is 2.31. The van der Waals surface area contributed by atoms with Crippen molar-refractivity contribution < 1.29 is 28.5 Å². The van der Waals surface area contributed by atoms with Crippen molar-refractivity contribution in [2.45, 2.75) is 52.5 Å². The van der Waals surface area contributed by atoms with Crippen LogP contribution in [0.2, 0.25) is 20.1 Å². The summed E-state index contributed by atoms with van der Waals surface area (Å²) in [6.07, 6.45) is 1.16. The van der Waals surface area contributed by atoms with Gasteiger partial charge in [0.2, 0.25) is 0 Å². The zero-order chi connectivity index (χ0) is 30.3. The maximum absolute atomic E-state index is 13.3. The zero-order valence-electron chi connectivity index (χ0n) is 23.3. The predicted molar refractivity (Wildman–Crippen MR) is 163 cm³/mol. The average Bonchev–Trinajstić information content (AvgIpc) is 2.94. The Morgan fingerprint density at radius 2 is 1.12 bits per heavy atom. The van der Waals surface area contributed by atoms with Gasteiger partial charge >= 0.3 is 11.9 Å². The van der Waals surface area contributed by atoms with Crippen molar-refractivity contribution in [2.75, 3.05) is 19.1 Å². The molecule has 0 saturated heterocycles. The Kier molecular flexibility index (Phi) is 11.9. The molecule has 0 bridgehead atoms. The van der Waals surface area contributed by atoms with Crippen molar-refractivity contribution in [1.82, 2.24) is 0 Å². The molecule has 0 aromatic heterocycles. The van der Waals surface area contributed by atoms with E-state index in [0.29, 0.717) is 5.69 Å². The van der Waals surface area contributed by atoms with Crippen LogP contribution in [0.15, 0.2) is 48.5 Å². The van der Waals surface area contributed by atoms with E-state index in [1.807, 2.05) is 24.3 Å². The Morgan fingerprint density at radius 1 is 0.707 bits per heavy atom. The molecule has 3 rings (SSSR count). The Labute approximate surface area is 260 Å². The average molecular weight is 643 g/mol. The maximum Gasteiger partial charge on any atom is 0.345 e. The van der Waals surface area contributed by atoms with Crippen LogP contribution in [-0.4, -0.2) is 38.6 Å². The van der Waals surface area contributed by atoms with E-state index in [1.165, 1.54) is 38.5 Å². The van der Waals surface area contributed by atoms with Crippen molar-refractivity contribution in [3.63, 3.8) is 0 Å². The van der Waals surface area contributed by atoms with E-state index in [9.17, 15) is 9.59 Å². The number of carbonyl (C=O) groups excluding carboxylic acids is 2. The van der Waals surface area contributed by atoms with Crippen molar-refractivity contribution >= 4 is 64.0 Å². The maximum atomic E-state index is 13.3. The first-order valence-corrected chi connectivity index (χ1v) is 14.4. The number of ether oxygens (including phenoxy) is 4. The number of nitrogens with zero attached hydrogens (tertiary/aromatic N) is 1. The summed E-state index contributed by atoms with van der Waals surface area (Å²) in [5.41, 5.74) is 1.74. The standard InChI is InChI=1S/C30H31Cl4NO6/c1-6-7-8-19-9-11-20(12-10-19)35(17(2)40-29(36)25-21(31)13-15-23(33)27(25)38-4)18(3)41-30(37)26-22(32)14-16-24(34)28(26)39-5/h9-18H,6-8H2,1-5H3. The predicted octanol–water partition coefficient (Wildman–Crippen LogP) is 8.87. The van der Waals surface area contributed by atoms with Gasteiger partial charge in [-0.1, -0.05) is 71.9 Å². The summed E-state index contributed by atoms with van der Waals surface area (Å²) in [4.78, 5) is 28.3. The number of hydrogen-bond donors (Lipinski definition) is 0. The molecule has 0 amide bonds. The van der Waals surface area contributed by atoms with E-state index in [-0.39, 0.29) is 42.7 Å². The van der Waals surface area contributed by atoms with Gasteiger partial charge in [0.25, 0.3) is 0 Å². The van der Waals surface area contributed by atoms with Crippen LogP contribution in [0.4, 0.5) is 5.69 Å². The molecule has 0 spiro atoms. The molecule has 0 aliphatic carbocycles. The van der Waals surface area contributed by atoms with Crippen molar-refractivity contribution in [2.24, 2.45) is 0 Å². The van der Waals surface area contributed by atoms with E-state index in [0.717, 1.165) is 24.8 Å². The number of hydrogen-bond acceptors (Lipinski definition) is 7. The number of halogens is 4. The summed E-state index contributed by atoms with van der Waals surface area (Å²) in [6.45, 7) is 5.42. The fraction of sp³-hybridized carbons (Fsp3) is 0.333. The zero-order valence-corrected chi connectivity index (χ0v) is 26.3. The summed E-state index contributed by atoms with van der Waals surface area (Å²) < 4.78 is 22.3. The van der Waals surface area contributed by atoms with Crippen molar-refractivity contribution in [1.29, 1.82) is 0 Å². The number of benzene rings is 3. The van der Waals surface area contributed by atoms with Gasteiger partial charge in [0.05, 0.1) is 34.3 Å². The Hall–Kier alpha value is -2.84. The molecule has 0 radical (unpaired) electrons. The minimum absolute atomic E-state index is 0.0246. The van der Waals surface area contributed by atoms with Crippen molar-refractivity contribution in [3.8, 4) is 11.5 Å². The van der Waals surface area contributed by atoms with E-state index in [2.05, 4.69) is 6.92 Å². The number of unbranched alkanes of at least 4 members (excludes halogenated alkanes) is 1. The molecule has 0 fully saturated rings. The molecule has 11 heteroatoms. The number of methoxy groups -OCH3 is 2. The molecular formula is C30H31Cl4NO6. The minimum atomic E-state index is -0.941. The lowest BCUT2D eigenvalue weighted by Crippen LogP contribution is -2.45.